The summed E-state index contributed by atoms with van der Waals surface area (Å²) in [7, 11) is -3.65. The maximum Gasteiger partial charge on any atom is 0.240 e. The molecule has 0 fully saturated rings. The van der Waals surface area contributed by atoms with Crippen LogP contribution in [0.15, 0.2) is 48.5 Å². The molecule has 1 amide bonds. The zero-order valence-corrected chi connectivity index (χ0v) is 17.7. The molecule has 0 aromatic heterocycles. The van der Waals surface area contributed by atoms with Gasteiger partial charge in [-0.1, -0.05) is 24.3 Å². The van der Waals surface area contributed by atoms with Crippen LogP contribution in [0.5, 0.6) is 0 Å². The van der Waals surface area contributed by atoms with Gasteiger partial charge in [-0.15, -0.1) is 0 Å². The molecule has 5 nitrogen and oxygen atoms in total. The lowest BCUT2D eigenvalue weighted by atomic mass is 10.1. The van der Waals surface area contributed by atoms with E-state index in [0.29, 0.717) is 6.54 Å². The van der Waals surface area contributed by atoms with Crippen LogP contribution in [0.25, 0.3) is 0 Å². The number of carbonyl (C=O) groups excluding carboxylic acids is 1. The first-order valence-electron chi connectivity index (χ1n) is 8.89. The maximum absolute atomic E-state index is 13.1. The summed E-state index contributed by atoms with van der Waals surface area (Å²) in [6.45, 7) is 2.23. The molecule has 0 aliphatic heterocycles. The third-order valence-corrected chi connectivity index (χ3v) is 6.34. The first-order chi connectivity index (χ1) is 13.3. The number of aryl methyl sites for hydroxylation is 1. The van der Waals surface area contributed by atoms with Crippen LogP contribution >= 0.6 is 11.8 Å². The van der Waals surface area contributed by atoms with Crippen molar-refractivity contribution in [2.75, 3.05) is 29.4 Å². The number of hydrogen-bond donors (Lipinski definition) is 1. The second-order valence-electron chi connectivity index (χ2n) is 6.43. The van der Waals surface area contributed by atoms with E-state index in [-0.39, 0.29) is 12.2 Å². The molecule has 8 heteroatoms. The molecule has 0 aliphatic rings. The van der Waals surface area contributed by atoms with Gasteiger partial charge in [0, 0.05) is 12.3 Å². The van der Waals surface area contributed by atoms with E-state index in [1.807, 2.05) is 12.1 Å². The molecule has 0 atom stereocenters. The predicted molar refractivity (Wildman–Crippen MR) is 114 cm³/mol. The van der Waals surface area contributed by atoms with E-state index in [9.17, 15) is 17.6 Å². The molecular formula is C20H25FN2O3S2. The summed E-state index contributed by atoms with van der Waals surface area (Å²) < 4.78 is 38.0. The summed E-state index contributed by atoms with van der Waals surface area (Å²) in [5, 5.41) is 2.74. The Labute approximate surface area is 170 Å². The van der Waals surface area contributed by atoms with Gasteiger partial charge in [-0.05, 0) is 54.5 Å². The van der Waals surface area contributed by atoms with Crippen molar-refractivity contribution >= 4 is 33.4 Å². The lowest BCUT2D eigenvalue weighted by Crippen LogP contribution is -2.40. The Bertz CT molecular complexity index is 887. The van der Waals surface area contributed by atoms with Gasteiger partial charge in [0.05, 0.1) is 11.9 Å². The Balaban J connectivity index is 1.75. The summed E-state index contributed by atoms with van der Waals surface area (Å²) in [5.41, 5.74) is 2.83. The van der Waals surface area contributed by atoms with Gasteiger partial charge in [-0.25, -0.2) is 12.8 Å². The number of carbonyl (C=O) groups is 1. The summed E-state index contributed by atoms with van der Waals surface area (Å²) >= 11 is 1.80. The van der Waals surface area contributed by atoms with E-state index in [4.69, 9.17) is 0 Å². The molecule has 0 saturated heterocycles. The fourth-order valence-corrected chi connectivity index (χ4v) is 4.44. The Morgan fingerprint density at radius 3 is 2.46 bits per heavy atom. The molecular weight excluding hydrogens is 399 g/mol. The van der Waals surface area contributed by atoms with Crippen molar-refractivity contribution < 1.29 is 17.6 Å². The van der Waals surface area contributed by atoms with Crippen molar-refractivity contribution in [2.24, 2.45) is 0 Å². The summed E-state index contributed by atoms with van der Waals surface area (Å²) in [6.07, 6.45) is 1.81. The molecule has 0 heterocycles. The molecule has 0 aliphatic carbocycles. The topological polar surface area (TPSA) is 66.5 Å². The second-order valence-corrected chi connectivity index (χ2v) is 9.44. The number of hydrogen-bond acceptors (Lipinski definition) is 4. The van der Waals surface area contributed by atoms with Gasteiger partial charge in [0.15, 0.2) is 0 Å². The number of nitrogens with zero attached hydrogens (tertiary/aromatic N) is 1. The highest BCUT2D eigenvalue weighted by molar-refractivity contribution is 7.98. The first-order valence-corrected chi connectivity index (χ1v) is 11.9. The zero-order chi connectivity index (χ0) is 20.6. The quantitative estimate of drug-likeness (QED) is 0.594. The van der Waals surface area contributed by atoms with Gasteiger partial charge < -0.3 is 5.32 Å². The van der Waals surface area contributed by atoms with E-state index >= 15 is 0 Å². The van der Waals surface area contributed by atoms with Crippen LogP contribution in [-0.2, 0) is 20.6 Å². The average Bonchev–Trinajstić information content (AvgIpc) is 2.64. The Morgan fingerprint density at radius 1 is 1.14 bits per heavy atom. The fraction of sp³-hybridized carbons (Fsp3) is 0.350. The average molecular weight is 425 g/mol. The molecule has 2 aromatic rings. The highest BCUT2D eigenvalue weighted by atomic mass is 32.2. The van der Waals surface area contributed by atoms with Crippen molar-refractivity contribution in [1.82, 2.24) is 5.32 Å². The minimum absolute atomic E-state index is 0.257. The van der Waals surface area contributed by atoms with E-state index in [1.54, 1.807) is 11.8 Å². The Kier molecular flexibility index (Phi) is 8.32. The minimum atomic E-state index is -3.65. The van der Waals surface area contributed by atoms with Gasteiger partial charge in [0.1, 0.15) is 12.4 Å². The standard InChI is InChI=1S/C20H25FN2O3S2/c1-16-6-3-4-7-17(16)15-27-13-5-12-22-20(24)14-23(28(2,25)26)19-10-8-18(21)9-11-19/h3-4,6-11H,5,12-15H2,1-2H3,(H,22,24). The molecule has 0 saturated carbocycles. The van der Waals surface area contributed by atoms with Crippen molar-refractivity contribution in [3.8, 4) is 0 Å². The predicted octanol–water partition coefficient (Wildman–Crippen LogP) is 3.34. The smallest absolute Gasteiger partial charge is 0.240 e. The molecule has 2 rings (SSSR count). The summed E-state index contributed by atoms with van der Waals surface area (Å²) in [5.74, 6) is 0.957. The molecule has 152 valence electrons. The Morgan fingerprint density at radius 2 is 1.82 bits per heavy atom. The van der Waals surface area contributed by atoms with Gasteiger partial charge in [-0.3, -0.25) is 9.10 Å². The van der Waals surface area contributed by atoms with E-state index in [0.717, 1.165) is 40.6 Å². The van der Waals surface area contributed by atoms with Crippen LogP contribution in [0.1, 0.15) is 17.5 Å². The second kappa shape index (κ2) is 10.5. The number of rotatable bonds is 10. The van der Waals surface area contributed by atoms with Crippen LogP contribution < -0.4 is 9.62 Å². The fourth-order valence-electron chi connectivity index (χ4n) is 2.55. The number of benzene rings is 2. The number of sulfonamides is 1. The van der Waals surface area contributed by atoms with Crippen molar-refractivity contribution in [3.05, 3.63) is 65.5 Å². The number of thioether (sulfide) groups is 1. The zero-order valence-electron chi connectivity index (χ0n) is 16.0. The summed E-state index contributed by atoms with van der Waals surface area (Å²) in [6, 6.07) is 13.2. The number of nitrogens with one attached hydrogen (secondary N) is 1. The lowest BCUT2D eigenvalue weighted by molar-refractivity contribution is -0.119. The number of amides is 1. The van der Waals surface area contributed by atoms with Crippen LogP contribution in [0, 0.1) is 12.7 Å². The third kappa shape index (κ3) is 7.16. The van der Waals surface area contributed by atoms with Crippen molar-refractivity contribution in [3.63, 3.8) is 0 Å². The highest BCUT2D eigenvalue weighted by Crippen LogP contribution is 2.18. The van der Waals surface area contributed by atoms with Crippen molar-refractivity contribution in [1.29, 1.82) is 0 Å². The summed E-state index contributed by atoms with van der Waals surface area (Å²) in [4.78, 5) is 12.1. The van der Waals surface area contributed by atoms with Gasteiger partial charge >= 0.3 is 0 Å². The third-order valence-electron chi connectivity index (χ3n) is 4.11. The molecule has 0 radical (unpaired) electrons. The van der Waals surface area contributed by atoms with Gasteiger partial charge in [0.2, 0.25) is 15.9 Å². The minimum Gasteiger partial charge on any atom is -0.354 e. The van der Waals surface area contributed by atoms with Gasteiger partial charge in [0.25, 0.3) is 0 Å². The van der Waals surface area contributed by atoms with Crippen LogP contribution in [0.2, 0.25) is 0 Å². The molecule has 0 spiro atoms. The molecule has 0 unspecified atom stereocenters. The van der Waals surface area contributed by atoms with Crippen LogP contribution in [0.4, 0.5) is 10.1 Å². The number of anilines is 1. The Hall–Kier alpha value is -2.06. The number of halogens is 1. The normalized spacial score (nSPS) is 11.2. The monoisotopic (exact) mass is 424 g/mol. The van der Waals surface area contributed by atoms with Crippen LogP contribution in [-0.4, -0.2) is 39.4 Å². The SMILES string of the molecule is Cc1ccccc1CSCCCNC(=O)CN(c1ccc(F)cc1)S(C)(=O)=O. The molecule has 0 bridgehead atoms. The maximum atomic E-state index is 13.1. The van der Waals surface area contributed by atoms with Crippen LogP contribution in [0.3, 0.4) is 0 Å². The van der Waals surface area contributed by atoms with Gasteiger partial charge in [-0.2, -0.15) is 11.8 Å². The molecule has 1 N–H and O–H groups in total. The van der Waals surface area contributed by atoms with Crippen molar-refractivity contribution in [2.45, 2.75) is 19.1 Å². The first kappa shape index (κ1) is 22.2. The largest absolute Gasteiger partial charge is 0.354 e. The highest BCUT2D eigenvalue weighted by Gasteiger charge is 2.20. The van der Waals surface area contributed by atoms with E-state index in [1.165, 1.54) is 23.3 Å². The molecule has 2 aromatic carbocycles. The van der Waals surface area contributed by atoms with E-state index in [2.05, 4.69) is 24.4 Å². The van der Waals surface area contributed by atoms with E-state index < -0.39 is 21.7 Å². The molecule has 28 heavy (non-hydrogen) atoms. The lowest BCUT2D eigenvalue weighted by Gasteiger charge is -2.21.